The molecule has 1 aliphatic rings. The van der Waals surface area contributed by atoms with Gasteiger partial charge in [0.2, 0.25) is 5.91 Å². The Morgan fingerprint density at radius 1 is 1.06 bits per heavy atom. The summed E-state index contributed by atoms with van der Waals surface area (Å²) in [7, 11) is 0. The lowest BCUT2D eigenvalue weighted by Gasteiger charge is -2.19. The molecule has 4 rings (SSSR count). The fourth-order valence-electron chi connectivity index (χ4n) is 3.81. The first kappa shape index (κ1) is 21.5. The molecular weight excluding hydrogens is 430 g/mol. The minimum Gasteiger partial charge on any atom is -0.481 e. The van der Waals surface area contributed by atoms with Crippen LogP contribution in [0.4, 0.5) is 10.5 Å². The molecule has 32 heavy (non-hydrogen) atoms. The second-order valence-corrected chi connectivity index (χ2v) is 8.01. The van der Waals surface area contributed by atoms with E-state index >= 15 is 0 Å². The van der Waals surface area contributed by atoms with Gasteiger partial charge in [-0.25, -0.2) is 4.79 Å². The third-order valence-corrected chi connectivity index (χ3v) is 5.89. The lowest BCUT2D eigenvalue weighted by atomic mass is 9.98. The second-order valence-electron chi connectivity index (χ2n) is 7.36. The third kappa shape index (κ3) is 4.78. The fourth-order valence-corrected chi connectivity index (χ4v) is 4.28. The van der Waals surface area contributed by atoms with E-state index in [1.807, 2.05) is 48.5 Å². The van der Waals surface area contributed by atoms with Crippen molar-refractivity contribution >= 4 is 35.2 Å². The molecule has 3 aromatic rings. The Labute approximate surface area is 188 Å². The van der Waals surface area contributed by atoms with Crippen LogP contribution in [-0.4, -0.2) is 40.1 Å². The minimum absolute atomic E-state index is 0.0665. The number of nitrogens with zero attached hydrogens (tertiary/aromatic N) is 1. The third-order valence-electron chi connectivity index (χ3n) is 5.30. The first-order valence-electron chi connectivity index (χ1n) is 10.1. The van der Waals surface area contributed by atoms with Crippen molar-refractivity contribution in [2.45, 2.75) is 24.8 Å². The molecule has 0 spiro atoms. The summed E-state index contributed by atoms with van der Waals surface area (Å²) in [6.07, 6.45) is 0.359. The van der Waals surface area contributed by atoms with Gasteiger partial charge in [-0.1, -0.05) is 48.5 Å². The van der Waals surface area contributed by atoms with Crippen LogP contribution in [0.25, 0.3) is 11.1 Å². The van der Waals surface area contributed by atoms with E-state index < -0.39 is 24.0 Å². The molecular formula is C23H21N3O5S. The number of fused-ring (bicyclic) bond motifs is 3. The van der Waals surface area contributed by atoms with Gasteiger partial charge in [0.05, 0.1) is 11.9 Å². The van der Waals surface area contributed by atoms with Gasteiger partial charge in [-0.15, -0.1) is 0 Å². The highest BCUT2D eigenvalue weighted by Crippen LogP contribution is 2.44. The minimum atomic E-state index is -1.06. The molecule has 0 bridgehead atoms. The van der Waals surface area contributed by atoms with Gasteiger partial charge in [0.1, 0.15) is 12.6 Å². The van der Waals surface area contributed by atoms with Crippen molar-refractivity contribution < 1.29 is 24.2 Å². The number of benzene rings is 2. The number of hydrogen-bond donors (Lipinski definition) is 3. The first-order valence-corrected chi connectivity index (χ1v) is 10.9. The van der Waals surface area contributed by atoms with Gasteiger partial charge in [0, 0.05) is 17.7 Å². The molecule has 1 aromatic heterocycles. The summed E-state index contributed by atoms with van der Waals surface area (Å²) >= 11 is 1.17. The van der Waals surface area contributed by atoms with E-state index in [9.17, 15) is 14.4 Å². The highest BCUT2D eigenvalue weighted by atomic mass is 32.1. The number of aliphatic carboxylic acids is 1. The molecule has 0 aliphatic heterocycles. The molecule has 1 heterocycles. The monoisotopic (exact) mass is 451 g/mol. The smallest absolute Gasteiger partial charge is 0.407 e. The predicted molar refractivity (Wildman–Crippen MR) is 120 cm³/mol. The van der Waals surface area contributed by atoms with E-state index in [1.165, 1.54) is 17.7 Å². The van der Waals surface area contributed by atoms with Gasteiger partial charge < -0.3 is 20.5 Å². The largest absolute Gasteiger partial charge is 0.481 e. The molecule has 164 valence electrons. The molecule has 0 fully saturated rings. The number of hydrogen-bond acceptors (Lipinski definition) is 6. The molecule has 0 saturated heterocycles. The van der Waals surface area contributed by atoms with Crippen LogP contribution in [0.1, 0.15) is 29.9 Å². The van der Waals surface area contributed by atoms with Crippen LogP contribution in [0.15, 0.2) is 60.1 Å². The maximum atomic E-state index is 12.5. The van der Waals surface area contributed by atoms with Crippen molar-refractivity contribution in [3.05, 3.63) is 71.2 Å². The van der Waals surface area contributed by atoms with E-state index in [-0.39, 0.29) is 25.4 Å². The first-order chi connectivity index (χ1) is 15.5. The standard InChI is InChI=1S/C23H21N3O5S/c27-21(28)10-9-20(22(29)25-14-11-24-32-13-14)26-23(30)31-12-19-17-7-3-1-5-15(17)16-6-2-4-8-18(16)19/h1-8,11,13,19-20H,9-10,12H2,(H,25,29)(H,26,30)(H,27,28). The zero-order valence-electron chi connectivity index (χ0n) is 17.0. The van der Waals surface area contributed by atoms with Crippen molar-refractivity contribution in [2.75, 3.05) is 11.9 Å². The topological polar surface area (TPSA) is 118 Å². The Balaban J connectivity index is 1.42. The number of carboxylic acid groups (broad SMARTS) is 1. The molecule has 2 aromatic carbocycles. The Morgan fingerprint density at radius 3 is 2.31 bits per heavy atom. The van der Waals surface area contributed by atoms with Crippen LogP contribution < -0.4 is 10.6 Å². The molecule has 1 atom stereocenters. The quantitative estimate of drug-likeness (QED) is 0.479. The van der Waals surface area contributed by atoms with Gasteiger partial charge in [0.25, 0.3) is 0 Å². The lowest BCUT2D eigenvalue weighted by molar-refractivity contribution is -0.137. The number of nitrogens with one attached hydrogen (secondary N) is 2. The van der Waals surface area contributed by atoms with E-state index in [1.54, 1.807) is 5.38 Å². The zero-order chi connectivity index (χ0) is 22.5. The lowest BCUT2D eigenvalue weighted by Crippen LogP contribution is -2.44. The number of anilines is 1. The summed E-state index contributed by atoms with van der Waals surface area (Å²) in [4.78, 5) is 36.0. The summed E-state index contributed by atoms with van der Waals surface area (Å²) in [5, 5.41) is 15.7. The predicted octanol–water partition coefficient (Wildman–Crippen LogP) is 3.85. The average molecular weight is 452 g/mol. The van der Waals surface area contributed by atoms with Crippen molar-refractivity contribution in [2.24, 2.45) is 0 Å². The van der Waals surface area contributed by atoms with Gasteiger partial charge in [-0.2, -0.15) is 4.37 Å². The van der Waals surface area contributed by atoms with E-state index in [0.717, 1.165) is 22.3 Å². The molecule has 3 N–H and O–H groups in total. The van der Waals surface area contributed by atoms with E-state index in [4.69, 9.17) is 9.84 Å². The number of aromatic nitrogens is 1. The number of rotatable bonds is 8. The van der Waals surface area contributed by atoms with E-state index in [2.05, 4.69) is 15.0 Å². The van der Waals surface area contributed by atoms with Crippen molar-refractivity contribution in [3.63, 3.8) is 0 Å². The number of carbonyl (C=O) groups excluding carboxylic acids is 2. The molecule has 1 aliphatic carbocycles. The molecule has 2 amide bonds. The maximum absolute atomic E-state index is 12.5. The zero-order valence-corrected chi connectivity index (χ0v) is 17.8. The molecule has 1 unspecified atom stereocenters. The molecule has 0 radical (unpaired) electrons. The number of amides is 2. The van der Waals surface area contributed by atoms with E-state index in [0.29, 0.717) is 5.69 Å². The highest BCUT2D eigenvalue weighted by Gasteiger charge is 2.30. The normalized spacial score (nSPS) is 13.0. The average Bonchev–Trinajstić information content (AvgIpc) is 3.41. The van der Waals surface area contributed by atoms with Crippen molar-refractivity contribution in [3.8, 4) is 11.1 Å². The number of ether oxygens (including phenoxy) is 1. The summed E-state index contributed by atoms with van der Waals surface area (Å²) in [6, 6.07) is 14.9. The SMILES string of the molecule is O=C(O)CCC(NC(=O)OCC1c2ccccc2-c2ccccc21)C(=O)Nc1cnsc1. The number of carboxylic acids is 1. The van der Waals surface area contributed by atoms with Crippen molar-refractivity contribution in [1.82, 2.24) is 9.69 Å². The Bertz CT molecular complexity index is 1090. The Kier molecular flexibility index (Phi) is 6.46. The van der Waals surface area contributed by atoms with Crippen LogP contribution in [0.2, 0.25) is 0 Å². The second kappa shape index (κ2) is 9.61. The summed E-state index contributed by atoms with van der Waals surface area (Å²) in [5.74, 6) is -1.70. The maximum Gasteiger partial charge on any atom is 0.407 e. The van der Waals surface area contributed by atoms with Crippen LogP contribution in [0, 0.1) is 0 Å². The summed E-state index contributed by atoms with van der Waals surface area (Å²) in [6.45, 7) is 0.0988. The van der Waals surface area contributed by atoms with Crippen molar-refractivity contribution in [1.29, 1.82) is 0 Å². The summed E-state index contributed by atoms with van der Waals surface area (Å²) < 4.78 is 9.38. The Hall–Kier alpha value is -3.72. The van der Waals surface area contributed by atoms with Gasteiger partial charge in [-0.3, -0.25) is 9.59 Å². The Morgan fingerprint density at radius 2 is 1.72 bits per heavy atom. The molecule has 9 heteroatoms. The van der Waals surface area contributed by atoms with Gasteiger partial charge in [0.15, 0.2) is 0 Å². The van der Waals surface area contributed by atoms with Gasteiger partial charge in [-0.05, 0) is 40.2 Å². The molecule has 8 nitrogen and oxygen atoms in total. The van der Waals surface area contributed by atoms with Crippen LogP contribution >= 0.6 is 11.5 Å². The fraction of sp³-hybridized carbons (Fsp3) is 0.217. The van der Waals surface area contributed by atoms with Crippen LogP contribution in [-0.2, 0) is 14.3 Å². The van der Waals surface area contributed by atoms with Crippen LogP contribution in [0.5, 0.6) is 0 Å². The van der Waals surface area contributed by atoms with Crippen LogP contribution in [0.3, 0.4) is 0 Å². The highest BCUT2D eigenvalue weighted by molar-refractivity contribution is 7.04. The number of carbonyl (C=O) groups is 3. The molecule has 0 saturated carbocycles. The number of alkyl carbamates (subject to hydrolysis) is 1. The summed E-state index contributed by atoms with van der Waals surface area (Å²) in [5.41, 5.74) is 4.85. The van der Waals surface area contributed by atoms with Gasteiger partial charge >= 0.3 is 12.1 Å².